The molecule has 188 valence electrons. The molecule has 2 aromatic rings. The molecule has 0 heterocycles. The van der Waals surface area contributed by atoms with Crippen LogP contribution < -0.4 is 16.4 Å². The minimum atomic E-state index is -1.04. The van der Waals surface area contributed by atoms with Crippen LogP contribution in [0.25, 0.3) is 0 Å². The van der Waals surface area contributed by atoms with Gasteiger partial charge in [-0.2, -0.15) is 0 Å². The average Bonchev–Trinajstić information content (AvgIpc) is 2.74. The van der Waals surface area contributed by atoms with Crippen molar-refractivity contribution in [1.29, 1.82) is 0 Å². The van der Waals surface area contributed by atoms with Gasteiger partial charge in [0.25, 0.3) is 11.8 Å². The molecule has 0 radical (unpaired) electrons. The molecule has 7 nitrogen and oxygen atoms in total. The second-order valence-electron chi connectivity index (χ2n) is 11.6. The van der Waals surface area contributed by atoms with Gasteiger partial charge >= 0.3 is 6.09 Å². The van der Waals surface area contributed by atoms with E-state index in [-0.39, 0.29) is 22.1 Å². The molecule has 2 aromatic carbocycles. The molecule has 1 aliphatic carbocycles. The molecule has 7 heteroatoms. The summed E-state index contributed by atoms with van der Waals surface area (Å²) in [7, 11) is 0. The third kappa shape index (κ3) is 6.02. The molecular formula is C28H37N3O4. The number of rotatable bonds is 5. The number of hydrogen-bond acceptors (Lipinski definition) is 4. The fourth-order valence-electron chi connectivity index (χ4n) is 4.52. The molecule has 0 aliphatic heterocycles. The topological polar surface area (TPSA) is 111 Å². The summed E-state index contributed by atoms with van der Waals surface area (Å²) < 4.78 is 5.43. The number of fused-ring (bicyclic) bond motifs is 1. The molecule has 4 N–H and O–H groups in total. The minimum absolute atomic E-state index is 0.0140. The quantitative estimate of drug-likeness (QED) is 0.537. The zero-order valence-electron chi connectivity index (χ0n) is 21.7. The fraction of sp³-hybridized carbons (Fsp3) is 0.464. The van der Waals surface area contributed by atoms with E-state index in [1.165, 1.54) is 11.6 Å². The molecule has 0 bridgehead atoms. The maximum absolute atomic E-state index is 13.5. The lowest BCUT2D eigenvalue weighted by Crippen LogP contribution is -2.41. The van der Waals surface area contributed by atoms with E-state index >= 15 is 0 Å². The van der Waals surface area contributed by atoms with Crippen molar-refractivity contribution in [2.24, 2.45) is 5.73 Å². The summed E-state index contributed by atoms with van der Waals surface area (Å²) in [5.41, 5.74) is 8.19. The number of hydrogen-bond donors (Lipinski definition) is 3. The number of carbonyl (C=O) groups excluding carboxylic acids is 3. The molecule has 1 unspecified atom stereocenters. The summed E-state index contributed by atoms with van der Waals surface area (Å²) in [4.78, 5) is 38.1. The molecule has 1 aliphatic rings. The lowest BCUT2D eigenvalue weighted by molar-refractivity contribution is -0.118. The Labute approximate surface area is 207 Å². The largest absolute Gasteiger partial charge is 0.444 e. The predicted octanol–water partition coefficient (Wildman–Crippen LogP) is 5.34. The first kappa shape index (κ1) is 26.3. The van der Waals surface area contributed by atoms with Gasteiger partial charge in [-0.25, -0.2) is 4.79 Å². The molecule has 1 atom stereocenters. The first-order valence-electron chi connectivity index (χ1n) is 11.9. The predicted molar refractivity (Wildman–Crippen MR) is 137 cm³/mol. The molecule has 3 amide bonds. The van der Waals surface area contributed by atoms with Crippen LogP contribution >= 0.6 is 0 Å². The van der Waals surface area contributed by atoms with E-state index in [4.69, 9.17) is 10.5 Å². The molecule has 0 saturated carbocycles. The number of para-hydroxylation sites is 1. The Bertz CT molecular complexity index is 1150. The third-order valence-corrected chi connectivity index (χ3v) is 6.58. The molecule has 35 heavy (non-hydrogen) atoms. The van der Waals surface area contributed by atoms with E-state index in [9.17, 15) is 14.4 Å². The number of primary amides is 1. The van der Waals surface area contributed by atoms with Gasteiger partial charge in [-0.15, -0.1) is 0 Å². The van der Waals surface area contributed by atoms with Crippen LogP contribution in [0.15, 0.2) is 42.5 Å². The normalized spacial score (nSPS) is 17.0. The summed E-state index contributed by atoms with van der Waals surface area (Å²) in [5.74, 6) is -1.16. The Morgan fingerprint density at radius 2 is 1.54 bits per heavy atom. The zero-order valence-corrected chi connectivity index (χ0v) is 21.7. The van der Waals surface area contributed by atoms with E-state index in [2.05, 4.69) is 44.4 Å². The smallest absolute Gasteiger partial charge is 0.408 e. The third-order valence-electron chi connectivity index (χ3n) is 6.58. The second-order valence-corrected chi connectivity index (χ2v) is 11.6. The van der Waals surface area contributed by atoms with E-state index in [0.29, 0.717) is 5.56 Å². The highest BCUT2D eigenvalue weighted by Gasteiger charge is 2.38. The van der Waals surface area contributed by atoms with Crippen LogP contribution in [0.5, 0.6) is 0 Å². The Morgan fingerprint density at radius 1 is 0.943 bits per heavy atom. The van der Waals surface area contributed by atoms with Crippen molar-refractivity contribution in [3.8, 4) is 0 Å². The number of amides is 3. The molecule has 3 rings (SSSR count). The van der Waals surface area contributed by atoms with E-state index < -0.39 is 29.6 Å². The Morgan fingerprint density at radius 3 is 2.14 bits per heavy atom. The maximum Gasteiger partial charge on any atom is 0.408 e. The summed E-state index contributed by atoms with van der Waals surface area (Å²) >= 11 is 0. The minimum Gasteiger partial charge on any atom is -0.444 e. The number of benzene rings is 2. The van der Waals surface area contributed by atoms with Crippen LogP contribution in [-0.2, 0) is 20.4 Å². The van der Waals surface area contributed by atoms with Gasteiger partial charge in [0.05, 0.1) is 11.3 Å². The summed E-state index contributed by atoms with van der Waals surface area (Å²) in [6, 6.07) is 11.4. The van der Waals surface area contributed by atoms with Crippen LogP contribution in [0.3, 0.4) is 0 Å². The fourth-order valence-corrected chi connectivity index (χ4v) is 4.52. The van der Waals surface area contributed by atoms with Gasteiger partial charge < -0.3 is 21.1 Å². The monoisotopic (exact) mass is 479 g/mol. The van der Waals surface area contributed by atoms with Crippen molar-refractivity contribution < 1.29 is 19.1 Å². The van der Waals surface area contributed by atoms with E-state index in [0.717, 1.165) is 18.4 Å². The average molecular weight is 480 g/mol. The molecule has 0 aromatic heterocycles. The molecular weight excluding hydrogens is 442 g/mol. The van der Waals surface area contributed by atoms with Gasteiger partial charge in [0.15, 0.2) is 0 Å². The van der Waals surface area contributed by atoms with Gasteiger partial charge in [0, 0.05) is 0 Å². The lowest BCUT2D eigenvalue weighted by atomic mass is 9.63. The van der Waals surface area contributed by atoms with Crippen LogP contribution in [0.4, 0.5) is 10.5 Å². The lowest BCUT2D eigenvalue weighted by Gasteiger charge is -2.42. The maximum atomic E-state index is 13.5. The Kier molecular flexibility index (Phi) is 7.02. The number of carbonyl (C=O) groups is 3. The highest BCUT2D eigenvalue weighted by Crippen LogP contribution is 2.46. The number of anilines is 1. The van der Waals surface area contributed by atoms with Crippen LogP contribution in [0.1, 0.15) is 94.4 Å². The van der Waals surface area contributed by atoms with Gasteiger partial charge in [0.2, 0.25) is 0 Å². The van der Waals surface area contributed by atoms with Crippen molar-refractivity contribution in [2.75, 3.05) is 5.32 Å². The van der Waals surface area contributed by atoms with E-state index in [1.807, 2.05) is 12.1 Å². The number of ether oxygens (including phenoxy) is 1. The van der Waals surface area contributed by atoms with Crippen molar-refractivity contribution >= 4 is 23.6 Å². The van der Waals surface area contributed by atoms with Crippen LogP contribution in [0.2, 0.25) is 0 Å². The summed E-state index contributed by atoms with van der Waals surface area (Å²) in [6.45, 7) is 14.1. The van der Waals surface area contributed by atoms with E-state index in [1.54, 1.807) is 39.0 Å². The van der Waals surface area contributed by atoms with Gasteiger partial charge in [-0.05, 0) is 73.3 Å². The number of nitrogens with one attached hydrogen (secondary N) is 2. The first-order valence-corrected chi connectivity index (χ1v) is 11.9. The SMILES string of the molecule is CC(C)(C)OC(=O)NC(C(=O)Nc1ccccc1C(N)=O)c1ccc2c(c1)C(C)(C)CCC2(C)C. The van der Waals surface area contributed by atoms with Crippen molar-refractivity contribution in [3.63, 3.8) is 0 Å². The highest BCUT2D eigenvalue weighted by atomic mass is 16.6. The van der Waals surface area contributed by atoms with Crippen molar-refractivity contribution in [1.82, 2.24) is 5.32 Å². The Hall–Kier alpha value is -3.35. The number of nitrogens with two attached hydrogens (primary N) is 1. The van der Waals surface area contributed by atoms with Crippen molar-refractivity contribution in [2.45, 2.75) is 83.8 Å². The second kappa shape index (κ2) is 9.36. The van der Waals surface area contributed by atoms with Crippen molar-refractivity contribution in [3.05, 3.63) is 64.7 Å². The van der Waals surface area contributed by atoms with Gasteiger partial charge in [-0.1, -0.05) is 58.0 Å². The van der Waals surface area contributed by atoms with Crippen LogP contribution in [0, 0.1) is 0 Å². The standard InChI is InChI=1S/C28H37N3O4/c1-26(2,3)35-25(34)31-22(24(33)30-21-11-9-8-10-18(21)23(29)32)17-12-13-19-20(16-17)28(6,7)15-14-27(19,4)5/h8-13,16,22H,14-15H2,1-7H3,(H2,29,32)(H,30,33)(H,31,34). The molecule has 0 fully saturated rings. The van der Waals surface area contributed by atoms with Crippen LogP contribution in [-0.4, -0.2) is 23.5 Å². The summed E-state index contributed by atoms with van der Waals surface area (Å²) in [6.07, 6.45) is 1.37. The Balaban J connectivity index is 2.03. The molecule has 0 saturated heterocycles. The highest BCUT2D eigenvalue weighted by molar-refractivity contribution is 6.04. The number of alkyl carbamates (subject to hydrolysis) is 1. The first-order chi connectivity index (χ1) is 16.1. The summed E-state index contributed by atoms with van der Waals surface area (Å²) in [5, 5.41) is 5.49. The van der Waals surface area contributed by atoms with Gasteiger partial charge in [-0.3, -0.25) is 9.59 Å². The zero-order chi connectivity index (χ0) is 26.2. The van der Waals surface area contributed by atoms with Gasteiger partial charge in [0.1, 0.15) is 11.6 Å². The molecule has 0 spiro atoms.